The van der Waals surface area contributed by atoms with E-state index in [-0.39, 0.29) is 22.9 Å². The number of ether oxygens (including phenoxy) is 1. The number of fused-ring (bicyclic) bond motifs is 1. The van der Waals surface area contributed by atoms with Gasteiger partial charge in [-0.25, -0.2) is 19.5 Å². The summed E-state index contributed by atoms with van der Waals surface area (Å²) >= 11 is 0. The molecule has 0 radical (unpaired) electrons. The topological polar surface area (TPSA) is 235 Å². The standard InChI is InChI=1S/C10H13N8O7P/c11-7-4-8(14-2-13-7)18(10(15-4)16-17-12)9-6(20)5(19)3(25-9)1-24-26(21,22)23/h2-3,5-6,9,19-20H,1H2,(H2,11,13,14)(H2,21,22,23)/t3-,5-,6-,9-/m1/s1. The van der Waals surface area contributed by atoms with Crippen molar-refractivity contribution in [1.29, 1.82) is 0 Å². The second-order valence-corrected chi connectivity index (χ2v) is 6.47. The highest BCUT2D eigenvalue weighted by atomic mass is 31.2. The van der Waals surface area contributed by atoms with Gasteiger partial charge in [-0.15, -0.1) is 0 Å². The molecule has 1 aliphatic rings. The van der Waals surface area contributed by atoms with Crippen LogP contribution in [0, 0.1) is 0 Å². The Bertz CT molecular complexity index is 923. The van der Waals surface area contributed by atoms with Crippen LogP contribution in [-0.2, 0) is 13.8 Å². The molecule has 140 valence electrons. The molecule has 0 amide bonds. The van der Waals surface area contributed by atoms with Crippen molar-refractivity contribution in [3.05, 3.63) is 16.8 Å². The lowest BCUT2D eigenvalue weighted by atomic mass is 10.1. The minimum atomic E-state index is -4.81. The maximum Gasteiger partial charge on any atom is 0.469 e. The van der Waals surface area contributed by atoms with E-state index < -0.39 is 39.0 Å². The number of imidazole rings is 1. The highest BCUT2D eigenvalue weighted by Crippen LogP contribution is 2.40. The van der Waals surface area contributed by atoms with Gasteiger partial charge in [0.25, 0.3) is 0 Å². The molecule has 6 N–H and O–H groups in total. The number of aliphatic hydroxyl groups excluding tert-OH is 2. The Morgan fingerprint density at radius 2 is 2.15 bits per heavy atom. The number of nitrogens with zero attached hydrogens (tertiary/aromatic N) is 7. The Balaban J connectivity index is 2.00. The predicted octanol–water partition coefficient (Wildman–Crippen LogP) is -0.921. The van der Waals surface area contributed by atoms with Crippen molar-refractivity contribution in [1.82, 2.24) is 19.5 Å². The van der Waals surface area contributed by atoms with Gasteiger partial charge in [-0.05, 0) is 10.6 Å². The number of aromatic nitrogens is 4. The molecule has 0 unspecified atom stereocenters. The van der Waals surface area contributed by atoms with Gasteiger partial charge in [0.1, 0.15) is 24.6 Å². The zero-order chi connectivity index (χ0) is 19.1. The maximum absolute atomic E-state index is 10.8. The van der Waals surface area contributed by atoms with Crippen LogP contribution in [0.2, 0.25) is 0 Å². The summed E-state index contributed by atoms with van der Waals surface area (Å²) in [7, 11) is -4.81. The van der Waals surface area contributed by atoms with Crippen molar-refractivity contribution in [2.24, 2.45) is 5.11 Å². The summed E-state index contributed by atoms with van der Waals surface area (Å²) in [6.45, 7) is -0.695. The monoisotopic (exact) mass is 388 g/mol. The van der Waals surface area contributed by atoms with E-state index in [1.165, 1.54) is 0 Å². The third-order valence-corrected chi connectivity index (χ3v) is 4.10. The van der Waals surface area contributed by atoms with E-state index in [2.05, 4.69) is 29.5 Å². The number of phosphoric acid groups is 1. The summed E-state index contributed by atoms with van der Waals surface area (Å²) in [4.78, 5) is 31.8. The first-order valence-electron chi connectivity index (χ1n) is 6.98. The normalized spacial score (nSPS) is 26.2. The van der Waals surface area contributed by atoms with E-state index in [0.717, 1.165) is 10.9 Å². The predicted molar refractivity (Wildman–Crippen MR) is 82.5 cm³/mol. The molecule has 26 heavy (non-hydrogen) atoms. The lowest BCUT2D eigenvalue weighted by Crippen LogP contribution is -2.33. The molecule has 2 aromatic heterocycles. The van der Waals surface area contributed by atoms with Crippen LogP contribution in [0.5, 0.6) is 0 Å². The van der Waals surface area contributed by atoms with Gasteiger partial charge in [0.2, 0.25) is 5.95 Å². The van der Waals surface area contributed by atoms with Gasteiger partial charge in [0.15, 0.2) is 23.2 Å². The lowest BCUT2D eigenvalue weighted by Gasteiger charge is -2.18. The van der Waals surface area contributed by atoms with Gasteiger partial charge in [-0.1, -0.05) is 0 Å². The largest absolute Gasteiger partial charge is 0.469 e. The number of aliphatic hydroxyl groups is 2. The SMILES string of the molecule is [N-]=[N+]=Nc1nc2c(N)ncnc2n1[C@@H]1O[C@H](COP(=O)(O)O)[C@@H](O)[C@H]1O. The number of hydrogen-bond donors (Lipinski definition) is 5. The molecule has 16 heteroatoms. The molecule has 0 spiro atoms. The van der Waals surface area contributed by atoms with Crippen molar-refractivity contribution in [2.45, 2.75) is 24.5 Å². The van der Waals surface area contributed by atoms with Crippen molar-refractivity contribution < 1.29 is 33.8 Å². The van der Waals surface area contributed by atoms with E-state index in [4.69, 9.17) is 25.8 Å². The molecular formula is C10H13N8O7P. The third kappa shape index (κ3) is 3.33. The van der Waals surface area contributed by atoms with Crippen LogP contribution in [0.25, 0.3) is 21.6 Å². The number of azide groups is 1. The molecule has 3 rings (SSSR count). The number of anilines is 1. The highest BCUT2D eigenvalue weighted by molar-refractivity contribution is 7.46. The van der Waals surface area contributed by atoms with Crippen LogP contribution in [0.3, 0.4) is 0 Å². The maximum atomic E-state index is 10.8. The third-order valence-electron chi connectivity index (χ3n) is 3.62. The molecule has 1 aliphatic heterocycles. The summed E-state index contributed by atoms with van der Waals surface area (Å²) in [5, 5.41) is 23.7. The smallest absolute Gasteiger partial charge is 0.387 e. The summed E-state index contributed by atoms with van der Waals surface area (Å²) in [5.41, 5.74) is 14.5. The van der Waals surface area contributed by atoms with E-state index in [1.807, 2.05) is 0 Å². The van der Waals surface area contributed by atoms with E-state index >= 15 is 0 Å². The zero-order valence-electron chi connectivity index (χ0n) is 12.8. The molecular weight excluding hydrogens is 375 g/mol. The molecule has 0 aliphatic carbocycles. The Morgan fingerprint density at radius 1 is 1.42 bits per heavy atom. The van der Waals surface area contributed by atoms with Crippen molar-refractivity contribution in [3.63, 3.8) is 0 Å². The van der Waals surface area contributed by atoms with Crippen LogP contribution in [0.1, 0.15) is 6.23 Å². The second kappa shape index (κ2) is 6.75. The van der Waals surface area contributed by atoms with Gasteiger partial charge >= 0.3 is 7.82 Å². The number of hydrogen-bond acceptors (Lipinski definition) is 10. The van der Waals surface area contributed by atoms with E-state index in [0.29, 0.717) is 0 Å². The van der Waals surface area contributed by atoms with Gasteiger partial charge in [-0.3, -0.25) is 9.09 Å². The summed E-state index contributed by atoms with van der Waals surface area (Å²) in [5.74, 6) is -0.278. The number of nitrogens with two attached hydrogens (primary N) is 1. The van der Waals surface area contributed by atoms with Crippen molar-refractivity contribution >= 4 is 30.8 Å². The minimum Gasteiger partial charge on any atom is -0.387 e. The molecule has 1 saturated heterocycles. The number of nitrogen functional groups attached to an aromatic ring is 1. The average molecular weight is 388 g/mol. The highest BCUT2D eigenvalue weighted by Gasteiger charge is 2.46. The molecule has 1 fully saturated rings. The Morgan fingerprint density at radius 3 is 2.81 bits per heavy atom. The first-order chi connectivity index (χ1) is 12.2. The molecule has 0 saturated carbocycles. The molecule has 15 nitrogen and oxygen atoms in total. The van der Waals surface area contributed by atoms with E-state index in [1.54, 1.807) is 0 Å². The van der Waals surface area contributed by atoms with Crippen LogP contribution in [0.4, 0.5) is 11.8 Å². The summed E-state index contributed by atoms with van der Waals surface area (Å²) in [6, 6.07) is 0. The zero-order valence-corrected chi connectivity index (χ0v) is 13.7. The second-order valence-electron chi connectivity index (χ2n) is 5.23. The molecule has 3 heterocycles. The van der Waals surface area contributed by atoms with Crippen LogP contribution < -0.4 is 5.73 Å². The fourth-order valence-corrected chi connectivity index (χ4v) is 2.85. The minimum absolute atomic E-state index is 0.0162. The van der Waals surface area contributed by atoms with Gasteiger partial charge in [-0.2, -0.15) is 0 Å². The Hall–Kier alpha value is -2.35. The number of phosphoric ester groups is 1. The Labute approximate surface area is 143 Å². The molecule has 0 bridgehead atoms. The van der Waals surface area contributed by atoms with Crippen LogP contribution >= 0.6 is 7.82 Å². The first kappa shape index (κ1) is 18.4. The molecule has 2 aromatic rings. The average Bonchev–Trinajstić information content (AvgIpc) is 3.05. The van der Waals surface area contributed by atoms with Gasteiger partial charge < -0.3 is 30.5 Å². The van der Waals surface area contributed by atoms with Crippen LogP contribution in [-0.4, -0.2) is 64.4 Å². The summed E-state index contributed by atoms with van der Waals surface area (Å²) in [6.07, 6.45) is -4.63. The lowest BCUT2D eigenvalue weighted by molar-refractivity contribution is -0.0495. The number of rotatable bonds is 5. The van der Waals surface area contributed by atoms with Crippen molar-refractivity contribution in [3.8, 4) is 0 Å². The molecule has 4 atom stereocenters. The Kier molecular flexibility index (Phi) is 4.79. The quantitative estimate of drug-likeness (QED) is 0.182. The fraction of sp³-hybridized carbons (Fsp3) is 0.500. The van der Waals surface area contributed by atoms with Crippen LogP contribution in [0.15, 0.2) is 11.4 Å². The summed E-state index contributed by atoms with van der Waals surface area (Å²) < 4.78 is 21.6. The molecule has 0 aromatic carbocycles. The first-order valence-corrected chi connectivity index (χ1v) is 8.51. The van der Waals surface area contributed by atoms with E-state index in [9.17, 15) is 14.8 Å². The van der Waals surface area contributed by atoms with Crippen molar-refractivity contribution in [2.75, 3.05) is 12.3 Å². The van der Waals surface area contributed by atoms with Gasteiger partial charge in [0.05, 0.1) is 6.61 Å². The fourth-order valence-electron chi connectivity index (χ4n) is 2.51. The van der Waals surface area contributed by atoms with Gasteiger partial charge in [0, 0.05) is 4.91 Å².